The Balaban J connectivity index is 0.00000101. The van der Waals surface area contributed by atoms with E-state index in [-0.39, 0.29) is 6.04 Å². The zero-order valence-electron chi connectivity index (χ0n) is 48.5. The van der Waals surface area contributed by atoms with E-state index in [0.29, 0.717) is 6.42 Å². The molecule has 1 N–H and O–H groups in total. The highest BCUT2D eigenvalue weighted by molar-refractivity contribution is 6.12. The number of H-pyrrole nitrogens is 1. The molecule has 15 rings (SSSR count). The number of aromatic nitrogens is 2. The van der Waals surface area contributed by atoms with Crippen LogP contribution in [-0.4, -0.2) is 22.1 Å². The van der Waals surface area contributed by atoms with Crippen LogP contribution in [0.25, 0.3) is 78.4 Å². The highest BCUT2D eigenvalue weighted by atomic mass is 15.2. The van der Waals surface area contributed by atoms with Gasteiger partial charge in [0.25, 0.3) is 0 Å². The van der Waals surface area contributed by atoms with Crippen molar-refractivity contribution in [1.82, 2.24) is 9.55 Å². The third kappa shape index (κ3) is 10.3. The van der Waals surface area contributed by atoms with Gasteiger partial charge >= 0.3 is 0 Å². The number of nitrogens with zero attached hydrogens (tertiary/aromatic N) is 3. The quantitative estimate of drug-likeness (QED) is 0.121. The van der Waals surface area contributed by atoms with Crippen molar-refractivity contribution in [3.8, 4) is 23.5 Å². The Labute approximate surface area is 499 Å². The van der Waals surface area contributed by atoms with Crippen LogP contribution in [0.5, 0.6) is 0 Å². The summed E-state index contributed by atoms with van der Waals surface area (Å²) in [6, 6.07) is 57.8. The van der Waals surface area contributed by atoms with Gasteiger partial charge in [-0.25, -0.2) is 0 Å². The third-order valence-corrected chi connectivity index (χ3v) is 17.6. The van der Waals surface area contributed by atoms with Crippen molar-refractivity contribution in [1.29, 1.82) is 0 Å². The van der Waals surface area contributed by atoms with Crippen molar-refractivity contribution in [3.05, 3.63) is 304 Å². The number of anilines is 3. The lowest BCUT2D eigenvalue weighted by Gasteiger charge is -2.35. The fourth-order valence-corrected chi connectivity index (χ4v) is 13.6. The molecule has 7 aromatic carbocycles. The van der Waals surface area contributed by atoms with Gasteiger partial charge in [0.2, 0.25) is 0 Å². The fraction of sp³-hybridized carbons (Fsp3) is 0.136. The highest BCUT2D eigenvalue weighted by Gasteiger charge is 2.36. The number of benzene rings is 7. The number of nitrogens with one attached hydrogen (secondary N) is 1. The lowest BCUT2D eigenvalue weighted by atomic mass is 9.86. The van der Waals surface area contributed by atoms with E-state index in [4.69, 9.17) is 6.42 Å². The molecule has 4 nitrogen and oxygen atoms in total. The summed E-state index contributed by atoms with van der Waals surface area (Å²) in [4.78, 5) is 8.88. The fourth-order valence-electron chi connectivity index (χ4n) is 13.6. The molecular formula is C81H68N4. The molecular weight excluding hydrogens is 1030 g/mol. The Morgan fingerprint density at radius 1 is 0.671 bits per heavy atom. The number of terminal acetylenes is 1. The average molecular weight is 1100 g/mol. The van der Waals surface area contributed by atoms with Crippen LogP contribution in [-0.2, 0) is 6.42 Å². The largest absolute Gasteiger partial charge is 0.355 e. The number of fused-ring (bicyclic) bond motifs is 10. The number of hydrogen-bond acceptors (Lipinski definition) is 2. The minimum absolute atomic E-state index is 0.260. The molecule has 4 heteroatoms. The van der Waals surface area contributed by atoms with Crippen LogP contribution in [0.2, 0.25) is 0 Å². The molecule has 0 spiro atoms. The van der Waals surface area contributed by atoms with E-state index in [1.54, 1.807) is 0 Å². The Morgan fingerprint density at radius 3 is 2.29 bits per heavy atom. The average Bonchev–Trinajstić information content (AvgIpc) is 3.91. The zero-order valence-corrected chi connectivity index (χ0v) is 48.5. The monoisotopic (exact) mass is 1100 g/mol. The molecule has 412 valence electrons. The van der Waals surface area contributed by atoms with E-state index >= 15 is 0 Å². The number of allylic oxidation sites excluding steroid dienone is 18. The summed E-state index contributed by atoms with van der Waals surface area (Å²) in [6.45, 7) is 5.29. The van der Waals surface area contributed by atoms with Crippen molar-refractivity contribution >= 4 is 84.3 Å². The number of aryl methyl sites for hydroxylation is 1. The van der Waals surface area contributed by atoms with E-state index in [0.717, 1.165) is 56.1 Å². The molecule has 4 aliphatic carbocycles. The minimum Gasteiger partial charge on any atom is -0.355 e. The summed E-state index contributed by atoms with van der Waals surface area (Å²) in [7, 11) is 0. The van der Waals surface area contributed by atoms with Crippen LogP contribution in [0.4, 0.5) is 17.1 Å². The molecule has 0 fully saturated rings. The molecule has 2 aromatic heterocycles. The summed E-state index contributed by atoms with van der Waals surface area (Å²) >= 11 is 0. The van der Waals surface area contributed by atoms with Gasteiger partial charge in [-0.3, -0.25) is 0 Å². The second-order valence-electron chi connectivity index (χ2n) is 23.0. The molecule has 1 atom stereocenters. The molecule has 0 saturated heterocycles. The van der Waals surface area contributed by atoms with Crippen LogP contribution in [0.3, 0.4) is 0 Å². The van der Waals surface area contributed by atoms with E-state index < -0.39 is 0 Å². The first kappa shape index (κ1) is 53.0. The Hall–Kier alpha value is -10.1. The molecule has 1 unspecified atom stereocenters. The van der Waals surface area contributed by atoms with Crippen LogP contribution in [0.15, 0.2) is 266 Å². The lowest BCUT2D eigenvalue weighted by molar-refractivity contribution is 0.831. The summed E-state index contributed by atoms with van der Waals surface area (Å²) in [5.74, 6) is 2.96. The van der Waals surface area contributed by atoms with Crippen molar-refractivity contribution in [2.75, 3.05) is 16.3 Å². The van der Waals surface area contributed by atoms with E-state index in [1.165, 1.54) is 128 Å². The standard InChI is InChI=1S/C75H62N4.C6H6/c1-4-5-21-57(62-37-39-69-75(51(62)3)67-48-54(32-38-68(67)76-69)56-35-42-74-66(47-56)63-27-15-10-16-29-71(63)79(74)61-26-19-20-50(2)31-36-61)43-52-44-58-45-53(33-40-70(58)77(49-52)59-22-11-7-6-8-12-23-59)55-34-41-73-65(46-55)64-28-17-18-30-72(64)78(73)60-24-13-9-14-25-60;1-2-4-6-5-3-1/h1,7-15,17-22,24-30,32-40,42-43,45-48,73,76H,5-6,16,23,31,41,44,49H2,2-3H3;1-6H/b11-7-,12-8?,52-43-,57-21+,59-22+;. The molecule has 4 heterocycles. The maximum Gasteiger partial charge on any atom is 0.0633 e. The number of para-hydroxylation sites is 2. The molecule has 0 saturated carbocycles. The van der Waals surface area contributed by atoms with Crippen molar-refractivity contribution in [2.24, 2.45) is 0 Å². The SMILES string of the molecule is C#CC/C=C(\C=C1\Cc2cc(C3=CCC4C(=C3)c3ccccc3N4c3ccccc3)ccc2N(/C2=C/C=C\CC=CC2)C1)c1ccc2[nH]c3ccc(-c4ccc5c(c4)c4c(n5C5=CCC(C)=CC=C5)=CCC=CC=4)cc3c2c1C.c1ccccc1. The van der Waals surface area contributed by atoms with E-state index in [9.17, 15) is 0 Å². The first-order valence-electron chi connectivity index (χ1n) is 30.2. The highest BCUT2D eigenvalue weighted by Crippen LogP contribution is 2.49. The van der Waals surface area contributed by atoms with Gasteiger partial charge in [-0.15, -0.1) is 12.3 Å². The van der Waals surface area contributed by atoms with Gasteiger partial charge in [0.1, 0.15) is 0 Å². The lowest BCUT2D eigenvalue weighted by Crippen LogP contribution is -2.30. The first-order chi connectivity index (χ1) is 42.0. The Kier molecular flexibility index (Phi) is 14.5. The molecule has 2 aliphatic heterocycles. The second-order valence-corrected chi connectivity index (χ2v) is 23.0. The van der Waals surface area contributed by atoms with Crippen LogP contribution in [0.1, 0.15) is 73.3 Å². The molecule has 85 heavy (non-hydrogen) atoms. The predicted octanol–water partition coefficient (Wildman–Crippen LogP) is 18.8. The Bertz CT molecular complexity index is 4650. The summed E-state index contributed by atoms with van der Waals surface area (Å²) in [5.41, 5.74) is 25.1. The number of hydrogen-bond donors (Lipinski definition) is 1. The number of rotatable bonds is 8. The van der Waals surface area contributed by atoms with Gasteiger partial charge in [0.15, 0.2) is 0 Å². The third-order valence-electron chi connectivity index (χ3n) is 17.6. The van der Waals surface area contributed by atoms with Crippen molar-refractivity contribution in [2.45, 2.75) is 64.8 Å². The second kappa shape index (κ2) is 23.3. The maximum atomic E-state index is 6.09. The van der Waals surface area contributed by atoms with E-state index in [1.807, 2.05) is 36.4 Å². The summed E-state index contributed by atoms with van der Waals surface area (Å²) in [5, 5.41) is 6.26. The predicted molar refractivity (Wildman–Crippen MR) is 364 cm³/mol. The van der Waals surface area contributed by atoms with Gasteiger partial charge in [0, 0.05) is 85.8 Å². The van der Waals surface area contributed by atoms with Gasteiger partial charge in [0.05, 0.1) is 16.9 Å². The van der Waals surface area contributed by atoms with Crippen molar-refractivity contribution < 1.29 is 0 Å². The molecule has 0 radical (unpaired) electrons. The normalized spacial score (nSPS) is 18.5. The van der Waals surface area contributed by atoms with Gasteiger partial charge < -0.3 is 19.4 Å². The van der Waals surface area contributed by atoms with Gasteiger partial charge in [-0.1, -0.05) is 188 Å². The van der Waals surface area contributed by atoms with Crippen LogP contribution < -0.4 is 20.4 Å². The van der Waals surface area contributed by atoms with Gasteiger partial charge in [-0.2, -0.15) is 0 Å². The molecule has 0 amide bonds. The maximum absolute atomic E-state index is 6.09. The minimum atomic E-state index is 0.260. The summed E-state index contributed by atoms with van der Waals surface area (Å²) in [6.07, 6.45) is 51.3. The Morgan fingerprint density at radius 2 is 1.44 bits per heavy atom. The zero-order chi connectivity index (χ0) is 57.2. The van der Waals surface area contributed by atoms with Crippen LogP contribution >= 0.6 is 0 Å². The summed E-state index contributed by atoms with van der Waals surface area (Å²) < 4.78 is 2.45. The van der Waals surface area contributed by atoms with Crippen molar-refractivity contribution in [3.63, 3.8) is 0 Å². The smallest absolute Gasteiger partial charge is 0.0633 e. The first-order valence-corrected chi connectivity index (χ1v) is 30.2. The van der Waals surface area contributed by atoms with E-state index in [2.05, 4.69) is 264 Å². The van der Waals surface area contributed by atoms with Gasteiger partial charge in [-0.05, 0) is 181 Å². The number of aromatic amines is 1. The van der Waals surface area contributed by atoms with Crippen LogP contribution in [0, 0.1) is 19.3 Å². The topological polar surface area (TPSA) is 27.2 Å². The molecule has 9 aromatic rings. The molecule has 0 bridgehead atoms. The molecule has 6 aliphatic rings.